The fraction of sp³-hybridized carbons (Fsp3) is 0.250. The monoisotopic (exact) mass is 353 g/mol. The smallest absolute Gasteiger partial charge is 0.161 e. The summed E-state index contributed by atoms with van der Waals surface area (Å²) in [6.45, 7) is 3.40. The second-order valence-electron chi connectivity index (χ2n) is 4.25. The molecule has 1 N–H and O–H groups in total. The first-order chi connectivity index (χ1) is 10.2. The van der Waals surface area contributed by atoms with Crippen LogP contribution in [0.5, 0.6) is 11.5 Å². The van der Waals surface area contributed by atoms with E-state index >= 15 is 0 Å². The summed E-state index contributed by atoms with van der Waals surface area (Å²) in [4.78, 5) is 0. The molecule has 0 saturated carbocycles. The third-order valence-corrected chi connectivity index (χ3v) is 3.43. The summed E-state index contributed by atoms with van der Waals surface area (Å²) in [6.07, 6.45) is 0. The molecule has 0 aliphatic rings. The molecule has 2 aromatic carbocycles. The highest BCUT2D eigenvalue weighted by Crippen LogP contribution is 2.27. The van der Waals surface area contributed by atoms with Crippen LogP contribution in [0.25, 0.3) is 0 Å². The number of benzene rings is 2. The van der Waals surface area contributed by atoms with Gasteiger partial charge in [0.1, 0.15) is 12.4 Å². The van der Waals surface area contributed by atoms with Gasteiger partial charge in [0.2, 0.25) is 0 Å². The molecule has 0 aromatic heterocycles. The van der Waals surface area contributed by atoms with Gasteiger partial charge in [-0.15, -0.1) is 0 Å². The van der Waals surface area contributed by atoms with Gasteiger partial charge in [-0.2, -0.15) is 0 Å². The lowest BCUT2D eigenvalue weighted by Crippen LogP contribution is -2.13. The van der Waals surface area contributed by atoms with Crippen LogP contribution < -0.4 is 14.8 Å². The lowest BCUT2D eigenvalue weighted by atomic mass is 10.3. The second-order valence-corrected chi connectivity index (χ2v) is 5.11. The number of rotatable bonds is 7. The molecule has 2 aromatic rings. The molecule has 0 aliphatic heterocycles. The number of ether oxygens (including phenoxy) is 2. The van der Waals surface area contributed by atoms with Crippen molar-refractivity contribution in [1.82, 2.24) is 0 Å². The summed E-state index contributed by atoms with van der Waals surface area (Å²) >= 11 is 3.31. The average Bonchev–Trinajstić information content (AvgIpc) is 2.48. The number of para-hydroxylation sites is 3. The van der Waals surface area contributed by atoms with Gasteiger partial charge < -0.3 is 14.8 Å². The summed E-state index contributed by atoms with van der Waals surface area (Å²) < 4.78 is 25.4. The summed E-state index contributed by atoms with van der Waals surface area (Å²) in [7, 11) is 0. The van der Waals surface area contributed by atoms with Crippen molar-refractivity contribution in [3.63, 3.8) is 0 Å². The number of nitrogens with one attached hydrogen (secondary N) is 1. The van der Waals surface area contributed by atoms with Gasteiger partial charge in [0.05, 0.1) is 12.3 Å². The maximum absolute atomic E-state index is 13.6. The van der Waals surface area contributed by atoms with E-state index in [0.717, 1.165) is 0 Å². The van der Waals surface area contributed by atoms with Crippen molar-refractivity contribution in [2.45, 2.75) is 6.92 Å². The van der Waals surface area contributed by atoms with Crippen LogP contribution >= 0.6 is 15.9 Å². The summed E-state index contributed by atoms with van der Waals surface area (Å²) in [5, 5.41) is 3.02. The molecule has 0 spiro atoms. The Morgan fingerprint density at radius 3 is 2.43 bits per heavy atom. The fourth-order valence-corrected chi connectivity index (χ4v) is 2.33. The average molecular weight is 354 g/mol. The molecule has 0 aliphatic carbocycles. The van der Waals surface area contributed by atoms with Crippen LogP contribution in [0.2, 0.25) is 0 Å². The molecule has 2 rings (SSSR count). The van der Waals surface area contributed by atoms with E-state index < -0.39 is 0 Å². The van der Waals surface area contributed by atoms with Crippen molar-refractivity contribution in [2.24, 2.45) is 0 Å². The Balaban J connectivity index is 1.88. The van der Waals surface area contributed by atoms with E-state index in [1.165, 1.54) is 6.07 Å². The maximum Gasteiger partial charge on any atom is 0.161 e. The Kier molecular flexibility index (Phi) is 5.87. The first kappa shape index (κ1) is 15.6. The fourth-order valence-electron chi connectivity index (χ4n) is 1.85. The van der Waals surface area contributed by atoms with Crippen LogP contribution in [-0.4, -0.2) is 19.8 Å². The molecule has 112 valence electrons. The molecule has 0 saturated heterocycles. The highest BCUT2D eigenvalue weighted by atomic mass is 79.9. The first-order valence-corrected chi connectivity index (χ1v) is 7.54. The number of hydrogen-bond donors (Lipinski definition) is 1. The van der Waals surface area contributed by atoms with Gasteiger partial charge in [0.15, 0.2) is 11.5 Å². The minimum Gasteiger partial charge on any atom is -0.490 e. The van der Waals surface area contributed by atoms with Crippen LogP contribution in [0, 0.1) is 5.82 Å². The van der Waals surface area contributed by atoms with E-state index in [-0.39, 0.29) is 5.82 Å². The third kappa shape index (κ3) is 4.36. The van der Waals surface area contributed by atoms with E-state index in [0.29, 0.717) is 41.4 Å². The van der Waals surface area contributed by atoms with Gasteiger partial charge in [0.25, 0.3) is 0 Å². The van der Waals surface area contributed by atoms with E-state index in [1.54, 1.807) is 12.1 Å². The predicted molar refractivity (Wildman–Crippen MR) is 85.7 cm³/mol. The molecule has 5 heteroatoms. The molecule has 21 heavy (non-hydrogen) atoms. The topological polar surface area (TPSA) is 30.5 Å². The molecule has 0 heterocycles. The third-order valence-electron chi connectivity index (χ3n) is 2.77. The number of hydrogen-bond acceptors (Lipinski definition) is 3. The number of anilines is 1. The van der Waals surface area contributed by atoms with Crippen molar-refractivity contribution in [3.8, 4) is 11.5 Å². The molecular formula is C16H17BrFNO2. The van der Waals surface area contributed by atoms with Gasteiger partial charge >= 0.3 is 0 Å². The standard InChI is InChI=1S/C16H17BrFNO2/c1-2-20-14-8-3-4-9-15(14)21-11-10-19-16-12(17)6-5-7-13(16)18/h3-9,19H,2,10-11H2,1H3. The van der Waals surface area contributed by atoms with Crippen molar-refractivity contribution < 1.29 is 13.9 Å². The van der Waals surface area contributed by atoms with E-state index in [2.05, 4.69) is 21.2 Å². The lowest BCUT2D eigenvalue weighted by molar-refractivity contribution is 0.284. The van der Waals surface area contributed by atoms with Crippen LogP contribution in [0.4, 0.5) is 10.1 Å². The van der Waals surface area contributed by atoms with Crippen LogP contribution in [-0.2, 0) is 0 Å². The van der Waals surface area contributed by atoms with Crippen molar-refractivity contribution >= 4 is 21.6 Å². The maximum atomic E-state index is 13.6. The van der Waals surface area contributed by atoms with Gasteiger partial charge in [0, 0.05) is 11.0 Å². The van der Waals surface area contributed by atoms with Gasteiger partial charge in [-0.1, -0.05) is 18.2 Å². The lowest BCUT2D eigenvalue weighted by Gasteiger charge is -2.13. The zero-order valence-electron chi connectivity index (χ0n) is 11.7. The minimum absolute atomic E-state index is 0.293. The minimum atomic E-state index is -0.293. The summed E-state index contributed by atoms with van der Waals surface area (Å²) in [5.74, 6) is 1.11. The van der Waals surface area contributed by atoms with Gasteiger partial charge in [-0.25, -0.2) is 4.39 Å². The van der Waals surface area contributed by atoms with E-state index in [4.69, 9.17) is 9.47 Å². The Labute approximate surface area is 132 Å². The van der Waals surface area contributed by atoms with Crippen LogP contribution in [0.1, 0.15) is 6.92 Å². The van der Waals surface area contributed by atoms with Crippen molar-refractivity contribution in [2.75, 3.05) is 25.1 Å². The zero-order valence-corrected chi connectivity index (χ0v) is 13.3. The van der Waals surface area contributed by atoms with Crippen LogP contribution in [0.3, 0.4) is 0 Å². The molecule has 0 atom stereocenters. The highest BCUT2D eigenvalue weighted by Gasteiger charge is 2.06. The Hall–Kier alpha value is -1.75. The molecule has 0 fully saturated rings. The number of halogens is 2. The largest absolute Gasteiger partial charge is 0.490 e. The van der Waals surface area contributed by atoms with Crippen molar-refractivity contribution in [1.29, 1.82) is 0 Å². The molecule has 0 bridgehead atoms. The Morgan fingerprint density at radius 1 is 1.05 bits per heavy atom. The molecule has 3 nitrogen and oxygen atoms in total. The molecule has 0 unspecified atom stereocenters. The van der Waals surface area contributed by atoms with Gasteiger partial charge in [-0.3, -0.25) is 0 Å². The molecule has 0 radical (unpaired) electrons. The SMILES string of the molecule is CCOc1ccccc1OCCNc1c(F)cccc1Br. The predicted octanol–water partition coefficient (Wildman–Crippen LogP) is 4.48. The summed E-state index contributed by atoms with van der Waals surface area (Å²) in [6, 6.07) is 12.4. The highest BCUT2D eigenvalue weighted by molar-refractivity contribution is 9.10. The van der Waals surface area contributed by atoms with Gasteiger partial charge in [-0.05, 0) is 47.1 Å². The normalized spacial score (nSPS) is 10.2. The zero-order chi connectivity index (χ0) is 15.1. The summed E-state index contributed by atoms with van der Waals surface area (Å²) in [5.41, 5.74) is 0.444. The molecular weight excluding hydrogens is 337 g/mol. The first-order valence-electron chi connectivity index (χ1n) is 6.75. The van der Waals surface area contributed by atoms with E-state index in [9.17, 15) is 4.39 Å². The Morgan fingerprint density at radius 2 is 1.76 bits per heavy atom. The second kappa shape index (κ2) is 7.88. The quantitative estimate of drug-likeness (QED) is 0.744. The van der Waals surface area contributed by atoms with Crippen LogP contribution in [0.15, 0.2) is 46.9 Å². The Bertz CT molecular complexity index is 572. The van der Waals surface area contributed by atoms with E-state index in [1.807, 2.05) is 31.2 Å². The molecule has 0 amide bonds. The van der Waals surface area contributed by atoms with Crippen molar-refractivity contribution in [3.05, 3.63) is 52.8 Å².